The number of oxime groups is 1. The number of benzene rings is 2. The Kier molecular flexibility index (Phi) is 4.42. The number of hydrogen-bond donors (Lipinski definition) is 2. The number of anilines is 2. The van der Waals surface area contributed by atoms with Crippen LogP contribution < -0.4 is 10.6 Å². The number of aryl methyl sites for hydroxylation is 1. The zero-order valence-corrected chi connectivity index (χ0v) is 12.0. The third kappa shape index (κ3) is 2.97. The Bertz CT molecular complexity index is 670. The summed E-state index contributed by atoms with van der Waals surface area (Å²) >= 11 is 0. The third-order valence-electron chi connectivity index (χ3n) is 3.36. The molecule has 0 bridgehead atoms. The number of nitrogens with two attached hydrogens (primary N) is 1. The smallest absolute Gasteiger partial charge is 0.172 e. The van der Waals surface area contributed by atoms with Crippen molar-refractivity contribution in [2.75, 3.05) is 11.4 Å². The second-order valence-electron chi connectivity index (χ2n) is 4.68. The molecule has 0 aliphatic carbocycles. The van der Waals surface area contributed by atoms with Gasteiger partial charge in [-0.25, -0.2) is 4.39 Å². The molecule has 0 aromatic heterocycles. The van der Waals surface area contributed by atoms with Crippen LogP contribution in [0.25, 0.3) is 0 Å². The van der Waals surface area contributed by atoms with Crippen LogP contribution in [-0.2, 0) is 0 Å². The number of amidine groups is 1. The molecule has 0 heterocycles. The minimum Gasteiger partial charge on any atom is -0.409 e. The highest BCUT2D eigenvalue weighted by Gasteiger charge is 2.16. The van der Waals surface area contributed by atoms with Gasteiger partial charge in [0.25, 0.3) is 0 Å². The highest BCUT2D eigenvalue weighted by molar-refractivity contribution is 6.03. The van der Waals surface area contributed by atoms with E-state index in [0.717, 1.165) is 11.3 Å². The minimum atomic E-state index is -0.429. The van der Waals surface area contributed by atoms with E-state index < -0.39 is 5.82 Å². The summed E-state index contributed by atoms with van der Waals surface area (Å²) in [6, 6.07) is 12.2. The van der Waals surface area contributed by atoms with Crippen molar-refractivity contribution in [1.82, 2.24) is 0 Å². The van der Waals surface area contributed by atoms with Crippen molar-refractivity contribution >= 4 is 17.2 Å². The summed E-state index contributed by atoms with van der Waals surface area (Å²) in [6.07, 6.45) is 0. The summed E-state index contributed by atoms with van der Waals surface area (Å²) < 4.78 is 13.5. The van der Waals surface area contributed by atoms with Gasteiger partial charge in [0.05, 0.1) is 5.69 Å². The third-order valence-corrected chi connectivity index (χ3v) is 3.36. The monoisotopic (exact) mass is 287 g/mol. The van der Waals surface area contributed by atoms with E-state index in [-0.39, 0.29) is 5.84 Å². The lowest BCUT2D eigenvalue weighted by Gasteiger charge is -2.27. The number of rotatable bonds is 4. The van der Waals surface area contributed by atoms with Gasteiger partial charge in [0.2, 0.25) is 0 Å². The van der Waals surface area contributed by atoms with Gasteiger partial charge in [0.1, 0.15) is 5.82 Å². The van der Waals surface area contributed by atoms with Crippen molar-refractivity contribution in [3.63, 3.8) is 0 Å². The summed E-state index contributed by atoms with van der Waals surface area (Å²) in [6.45, 7) is 4.67. The molecule has 0 atom stereocenters. The average Bonchev–Trinajstić information content (AvgIpc) is 2.50. The summed E-state index contributed by atoms with van der Waals surface area (Å²) in [4.78, 5) is 2.00. The molecule has 0 saturated heterocycles. The van der Waals surface area contributed by atoms with Gasteiger partial charge in [-0.2, -0.15) is 0 Å². The highest BCUT2D eigenvalue weighted by atomic mass is 19.1. The molecule has 3 N–H and O–H groups in total. The van der Waals surface area contributed by atoms with E-state index in [1.165, 1.54) is 12.1 Å². The summed E-state index contributed by atoms with van der Waals surface area (Å²) in [7, 11) is 0. The fourth-order valence-corrected chi connectivity index (χ4v) is 2.34. The maximum atomic E-state index is 13.5. The zero-order valence-electron chi connectivity index (χ0n) is 12.0. The van der Waals surface area contributed by atoms with Gasteiger partial charge < -0.3 is 15.8 Å². The SMILES string of the molecule is CCN(c1ccccc1C)c1ccc(F)cc1C(N)=NO. The molecular weight excluding hydrogens is 269 g/mol. The lowest BCUT2D eigenvalue weighted by Crippen LogP contribution is -2.23. The second-order valence-corrected chi connectivity index (χ2v) is 4.68. The molecule has 0 radical (unpaired) electrons. The van der Waals surface area contributed by atoms with Crippen LogP contribution in [-0.4, -0.2) is 17.6 Å². The summed E-state index contributed by atoms with van der Waals surface area (Å²) in [5, 5.41) is 11.9. The molecule has 5 heteroatoms. The van der Waals surface area contributed by atoms with Crippen molar-refractivity contribution in [2.45, 2.75) is 13.8 Å². The van der Waals surface area contributed by atoms with Crippen LogP contribution in [0.2, 0.25) is 0 Å². The van der Waals surface area contributed by atoms with Gasteiger partial charge in [0, 0.05) is 17.8 Å². The minimum absolute atomic E-state index is 0.114. The molecule has 0 unspecified atom stereocenters. The Balaban J connectivity index is 2.61. The first kappa shape index (κ1) is 14.8. The molecule has 0 spiro atoms. The maximum absolute atomic E-state index is 13.5. The van der Waals surface area contributed by atoms with E-state index in [9.17, 15) is 4.39 Å². The molecule has 2 aromatic carbocycles. The lowest BCUT2D eigenvalue weighted by atomic mass is 10.1. The molecule has 2 rings (SSSR count). The zero-order chi connectivity index (χ0) is 15.4. The van der Waals surface area contributed by atoms with Gasteiger partial charge in [-0.05, 0) is 43.7 Å². The first-order chi connectivity index (χ1) is 10.1. The van der Waals surface area contributed by atoms with E-state index in [0.29, 0.717) is 17.8 Å². The Labute approximate surface area is 123 Å². The molecule has 110 valence electrons. The predicted octanol–water partition coefficient (Wildman–Crippen LogP) is 3.39. The van der Waals surface area contributed by atoms with Crippen LogP contribution in [0.5, 0.6) is 0 Å². The molecule has 0 amide bonds. The van der Waals surface area contributed by atoms with Crippen LogP contribution in [0.4, 0.5) is 15.8 Å². The fourth-order valence-electron chi connectivity index (χ4n) is 2.34. The number of nitrogens with zero attached hydrogens (tertiary/aromatic N) is 2. The van der Waals surface area contributed by atoms with Gasteiger partial charge in [-0.1, -0.05) is 23.4 Å². The molecule has 0 saturated carbocycles. The van der Waals surface area contributed by atoms with E-state index in [2.05, 4.69) is 5.16 Å². The van der Waals surface area contributed by atoms with Crippen LogP contribution >= 0.6 is 0 Å². The van der Waals surface area contributed by atoms with Gasteiger partial charge in [-0.15, -0.1) is 0 Å². The van der Waals surface area contributed by atoms with E-state index in [4.69, 9.17) is 10.9 Å². The Morgan fingerprint density at radius 1 is 1.24 bits per heavy atom. The normalized spacial score (nSPS) is 11.5. The molecule has 0 aliphatic rings. The molecule has 0 fully saturated rings. The first-order valence-electron chi connectivity index (χ1n) is 6.69. The topological polar surface area (TPSA) is 61.8 Å². The Morgan fingerprint density at radius 2 is 1.95 bits per heavy atom. The Morgan fingerprint density at radius 3 is 2.57 bits per heavy atom. The van der Waals surface area contributed by atoms with Crippen molar-refractivity contribution in [2.24, 2.45) is 10.9 Å². The van der Waals surface area contributed by atoms with Crippen LogP contribution in [0.15, 0.2) is 47.6 Å². The van der Waals surface area contributed by atoms with Crippen molar-refractivity contribution in [3.8, 4) is 0 Å². The van der Waals surface area contributed by atoms with Crippen LogP contribution in [0, 0.1) is 12.7 Å². The number of halogens is 1. The van der Waals surface area contributed by atoms with Crippen molar-refractivity contribution < 1.29 is 9.60 Å². The van der Waals surface area contributed by atoms with Gasteiger partial charge in [-0.3, -0.25) is 0 Å². The molecule has 0 aliphatic heterocycles. The van der Waals surface area contributed by atoms with Crippen molar-refractivity contribution in [1.29, 1.82) is 0 Å². The standard InChI is InChI=1S/C16H18FN3O/c1-3-20(14-7-5-4-6-11(14)2)15-9-8-12(17)10-13(15)16(18)19-21/h4-10,21H,3H2,1-2H3,(H2,18,19). The largest absolute Gasteiger partial charge is 0.409 e. The molecule has 2 aromatic rings. The van der Waals surface area contributed by atoms with Crippen molar-refractivity contribution in [3.05, 3.63) is 59.4 Å². The van der Waals surface area contributed by atoms with E-state index >= 15 is 0 Å². The molecular formula is C16H18FN3O. The highest BCUT2D eigenvalue weighted by Crippen LogP contribution is 2.31. The number of para-hydroxylation sites is 1. The fraction of sp³-hybridized carbons (Fsp3) is 0.188. The van der Waals surface area contributed by atoms with Crippen LogP contribution in [0.1, 0.15) is 18.1 Å². The lowest BCUT2D eigenvalue weighted by molar-refractivity contribution is 0.318. The first-order valence-corrected chi connectivity index (χ1v) is 6.69. The predicted molar refractivity (Wildman–Crippen MR) is 82.8 cm³/mol. The summed E-state index contributed by atoms with van der Waals surface area (Å²) in [5.74, 6) is -0.544. The Hall–Kier alpha value is -2.56. The van der Waals surface area contributed by atoms with E-state index in [1.54, 1.807) is 6.07 Å². The maximum Gasteiger partial charge on any atom is 0.172 e. The second kappa shape index (κ2) is 6.26. The van der Waals surface area contributed by atoms with E-state index in [1.807, 2.05) is 43.0 Å². The quantitative estimate of drug-likeness (QED) is 0.392. The average molecular weight is 287 g/mol. The molecule has 4 nitrogen and oxygen atoms in total. The number of hydrogen-bond acceptors (Lipinski definition) is 3. The summed E-state index contributed by atoms with van der Waals surface area (Å²) in [5.41, 5.74) is 8.83. The van der Waals surface area contributed by atoms with Crippen LogP contribution in [0.3, 0.4) is 0 Å². The van der Waals surface area contributed by atoms with Gasteiger partial charge >= 0.3 is 0 Å². The molecule has 21 heavy (non-hydrogen) atoms. The van der Waals surface area contributed by atoms with Gasteiger partial charge in [0.15, 0.2) is 5.84 Å².